The summed E-state index contributed by atoms with van der Waals surface area (Å²) in [5.41, 5.74) is 1.55. The maximum atomic E-state index is 5.47. The summed E-state index contributed by atoms with van der Waals surface area (Å²) in [6.07, 6.45) is 3.86. The minimum Gasteiger partial charge on any atom is -0.383 e. The van der Waals surface area contributed by atoms with E-state index in [2.05, 4.69) is 34.9 Å². The van der Waals surface area contributed by atoms with Crippen molar-refractivity contribution < 1.29 is 9.26 Å². The lowest BCUT2D eigenvalue weighted by Gasteiger charge is -2.39. The average Bonchev–Trinajstić information content (AvgIpc) is 3.07. The van der Waals surface area contributed by atoms with Crippen LogP contribution in [0.5, 0.6) is 0 Å². The number of aryl methyl sites for hydroxylation is 1. The van der Waals surface area contributed by atoms with E-state index in [-0.39, 0.29) is 0 Å². The Morgan fingerprint density at radius 2 is 2.13 bits per heavy atom. The van der Waals surface area contributed by atoms with Crippen molar-refractivity contribution in [3.63, 3.8) is 0 Å². The Hall–Kier alpha value is -0.910. The highest BCUT2D eigenvalue weighted by molar-refractivity contribution is 5.05. The van der Waals surface area contributed by atoms with E-state index in [1.54, 1.807) is 0 Å². The molecule has 2 fully saturated rings. The predicted molar refractivity (Wildman–Crippen MR) is 90.3 cm³/mol. The quantitative estimate of drug-likeness (QED) is 0.834. The number of ether oxygens (including phenoxy) is 1. The molecule has 0 saturated carbocycles. The Balaban J connectivity index is 1.57. The van der Waals surface area contributed by atoms with Crippen LogP contribution < -0.4 is 0 Å². The molecule has 3 rings (SSSR count). The second-order valence-corrected chi connectivity index (χ2v) is 7.78. The summed E-state index contributed by atoms with van der Waals surface area (Å²) in [5.74, 6) is 0.902. The molecule has 0 bridgehead atoms. The van der Waals surface area contributed by atoms with E-state index in [1.165, 1.54) is 25.8 Å². The van der Waals surface area contributed by atoms with E-state index in [4.69, 9.17) is 9.26 Å². The molecule has 2 saturated heterocycles. The molecule has 1 unspecified atom stereocenters. The fourth-order valence-corrected chi connectivity index (χ4v) is 4.42. The normalized spacial score (nSPS) is 25.7. The molecule has 0 aromatic carbocycles. The maximum absolute atomic E-state index is 5.47. The summed E-state index contributed by atoms with van der Waals surface area (Å²) >= 11 is 0. The number of likely N-dealkylation sites (tertiary alicyclic amines) is 2. The number of hydrogen-bond acceptors (Lipinski definition) is 5. The highest BCUT2D eigenvalue weighted by Crippen LogP contribution is 2.44. The van der Waals surface area contributed by atoms with E-state index in [0.717, 1.165) is 37.7 Å². The molecule has 3 heterocycles. The monoisotopic (exact) mass is 321 g/mol. The van der Waals surface area contributed by atoms with Gasteiger partial charge in [-0.05, 0) is 58.5 Å². The van der Waals surface area contributed by atoms with Gasteiger partial charge in [0.15, 0.2) is 0 Å². The lowest BCUT2D eigenvalue weighted by atomic mass is 9.76. The van der Waals surface area contributed by atoms with E-state index >= 15 is 0 Å². The van der Waals surface area contributed by atoms with Crippen LogP contribution in [0, 0.1) is 12.3 Å². The van der Waals surface area contributed by atoms with Gasteiger partial charge in [0.2, 0.25) is 0 Å². The van der Waals surface area contributed by atoms with Gasteiger partial charge in [0.05, 0.1) is 12.3 Å². The van der Waals surface area contributed by atoms with Gasteiger partial charge in [-0.1, -0.05) is 5.16 Å². The maximum Gasteiger partial charge on any atom is 0.133 e. The molecule has 1 aromatic heterocycles. The Bertz CT molecular complexity index is 506. The first-order chi connectivity index (χ1) is 11.0. The van der Waals surface area contributed by atoms with E-state index in [0.29, 0.717) is 17.5 Å². The Kier molecular flexibility index (Phi) is 5.09. The van der Waals surface area contributed by atoms with Crippen molar-refractivity contribution >= 4 is 0 Å². The Morgan fingerprint density at radius 1 is 1.39 bits per heavy atom. The van der Waals surface area contributed by atoms with Gasteiger partial charge in [0.25, 0.3) is 0 Å². The third kappa shape index (κ3) is 3.78. The van der Waals surface area contributed by atoms with E-state index in [9.17, 15) is 0 Å². The van der Waals surface area contributed by atoms with Crippen LogP contribution in [0.4, 0.5) is 0 Å². The molecule has 23 heavy (non-hydrogen) atoms. The topological polar surface area (TPSA) is 41.7 Å². The van der Waals surface area contributed by atoms with Crippen LogP contribution in [0.15, 0.2) is 10.6 Å². The summed E-state index contributed by atoms with van der Waals surface area (Å²) in [6, 6.07) is 3.24. The number of nitrogens with zero attached hydrogens (tertiary/aromatic N) is 3. The number of methoxy groups -OCH3 is 1. The van der Waals surface area contributed by atoms with Gasteiger partial charge in [0, 0.05) is 38.3 Å². The molecule has 2 aliphatic heterocycles. The van der Waals surface area contributed by atoms with Gasteiger partial charge in [-0.3, -0.25) is 9.80 Å². The summed E-state index contributed by atoms with van der Waals surface area (Å²) in [6.45, 7) is 11.9. The van der Waals surface area contributed by atoms with Crippen molar-refractivity contribution in [3.05, 3.63) is 17.5 Å². The molecule has 0 N–H and O–H groups in total. The van der Waals surface area contributed by atoms with Crippen LogP contribution in [0.25, 0.3) is 0 Å². The van der Waals surface area contributed by atoms with Gasteiger partial charge >= 0.3 is 0 Å². The summed E-state index contributed by atoms with van der Waals surface area (Å²) in [5, 5.41) is 4.13. The highest BCUT2D eigenvalue weighted by Gasteiger charge is 2.46. The van der Waals surface area contributed by atoms with E-state index in [1.807, 2.05) is 14.0 Å². The highest BCUT2D eigenvalue weighted by atomic mass is 16.5. The minimum absolute atomic E-state index is 0.490. The predicted octanol–water partition coefficient (Wildman–Crippen LogP) is 2.69. The summed E-state index contributed by atoms with van der Waals surface area (Å²) < 4.78 is 10.7. The molecule has 1 atom stereocenters. The average molecular weight is 321 g/mol. The molecule has 0 aliphatic carbocycles. The van der Waals surface area contributed by atoms with Gasteiger partial charge in [0.1, 0.15) is 5.76 Å². The molecule has 5 nitrogen and oxygen atoms in total. The molecule has 1 aromatic rings. The van der Waals surface area contributed by atoms with Crippen LogP contribution in [0.3, 0.4) is 0 Å². The molecular formula is C18H31N3O2. The lowest BCUT2D eigenvalue weighted by molar-refractivity contribution is 0.0909. The zero-order valence-corrected chi connectivity index (χ0v) is 15.0. The molecular weight excluding hydrogens is 290 g/mol. The second kappa shape index (κ2) is 6.91. The van der Waals surface area contributed by atoms with E-state index < -0.39 is 0 Å². The lowest BCUT2D eigenvalue weighted by Crippen LogP contribution is -2.42. The zero-order chi connectivity index (χ0) is 16.4. The second-order valence-electron chi connectivity index (χ2n) is 7.78. The van der Waals surface area contributed by atoms with Gasteiger partial charge in [-0.2, -0.15) is 0 Å². The standard InChI is InChI=1S/C18H31N3O2/c1-14(2)21-13-18(10-17(21)12-22-4)5-7-20(8-6-18)11-16-9-15(3)23-19-16/h9,14,17H,5-8,10-13H2,1-4H3. The Morgan fingerprint density at radius 3 is 2.70 bits per heavy atom. The molecule has 130 valence electrons. The number of piperidine rings is 1. The summed E-state index contributed by atoms with van der Waals surface area (Å²) in [4.78, 5) is 5.17. The van der Waals surface area contributed by atoms with Gasteiger partial charge < -0.3 is 9.26 Å². The number of aromatic nitrogens is 1. The first-order valence-electron chi connectivity index (χ1n) is 8.90. The van der Waals surface area contributed by atoms with Crippen LogP contribution in [-0.4, -0.2) is 60.4 Å². The molecule has 0 radical (unpaired) electrons. The number of rotatable bonds is 5. The van der Waals surface area contributed by atoms with Crippen molar-refractivity contribution in [2.45, 2.75) is 58.7 Å². The van der Waals surface area contributed by atoms with Gasteiger partial charge in [-0.25, -0.2) is 0 Å². The van der Waals surface area contributed by atoms with Crippen LogP contribution in [0.2, 0.25) is 0 Å². The zero-order valence-electron chi connectivity index (χ0n) is 15.0. The molecule has 5 heteroatoms. The molecule has 2 aliphatic rings. The fraction of sp³-hybridized carbons (Fsp3) is 0.833. The molecule has 0 amide bonds. The van der Waals surface area contributed by atoms with Crippen molar-refractivity contribution in [3.8, 4) is 0 Å². The largest absolute Gasteiger partial charge is 0.383 e. The SMILES string of the molecule is COCC1CC2(CCN(Cc3cc(C)on3)CC2)CN1C(C)C. The third-order valence-corrected chi connectivity index (χ3v) is 5.66. The third-order valence-electron chi connectivity index (χ3n) is 5.66. The van der Waals surface area contributed by atoms with Crippen molar-refractivity contribution in [1.82, 2.24) is 15.0 Å². The first kappa shape index (κ1) is 16.9. The molecule has 1 spiro atoms. The van der Waals surface area contributed by atoms with Crippen LogP contribution >= 0.6 is 0 Å². The van der Waals surface area contributed by atoms with Gasteiger partial charge in [-0.15, -0.1) is 0 Å². The summed E-state index contributed by atoms with van der Waals surface area (Å²) in [7, 11) is 1.83. The van der Waals surface area contributed by atoms with Crippen LogP contribution in [-0.2, 0) is 11.3 Å². The smallest absolute Gasteiger partial charge is 0.133 e. The van der Waals surface area contributed by atoms with Crippen molar-refractivity contribution in [2.75, 3.05) is 33.4 Å². The number of hydrogen-bond donors (Lipinski definition) is 0. The first-order valence-corrected chi connectivity index (χ1v) is 8.90. The van der Waals surface area contributed by atoms with Crippen LogP contribution in [0.1, 0.15) is 44.6 Å². The fourth-order valence-electron chi connectivity index (χ4n) is 4.42. The minimum atomic E-state index is 0.490. The van der Waals surface area contributed by atoms with Crippen molar-refractivity contribution in [1.29, 1.82) is 0 Å². The Labute approximate surface area is 139 Å². The van der Waals surface area contributed by atoms with Crippen molar-refractivity contribution in [2.24, 2.45) is 5.41 Å².